The van der Waals surface area contributed by atoms with Crippen LogP contribution >= 0.6 is 0 Å². The number of benzene rings is 2. The van der Waals surface area contributed by atoms with E-state index < -0.39 is 11.6 Å². The number of fused-ring (bicyclic) bond motifs is 1. The van der Waals surface area contributed by atoms with E-state index in [4.69, 9.17) is 0 Å². The number of aromatic amines is 1. The quantitative estimate of drug-likeness (QED) is 0.565. The molecule has 30 heavy (non-hydrogen) atoms. The molecule has 3 nitrogen and oxygen atoms in total. The Labute approximate surface area is 173 Å². The van der Waals surface area contributed by atoms with Crippen molar-refractivity contribution in [2.75, 3.05) is 14.1 Å². The first-order valence-electron chi connectivity index (χ1n) is 10.2. The molecule has 3 aromatic rings. The van der Waals surface area contributed by atoms with Crippen molar-refractivity contribution in [2.24, 2.45) is 5.92 Å². The third kappa shape index (κ3) is 3.76. The third-order valence-electron chi connectivity index (χ3n) is 6.37. The monoisotopic (exact) mass is 414 g/mol. The maximum Gasteiger partial charge on any atom is 0.150 e. The first-order chi connectivity index (χ1) is 14.2. The second kappa shape index (κ2) is 7.91. The Kier molecular flexibility index (Phi) is 5.45. The number of nitrogens with zero attached hydrogens (tertiary/aromatic N) is 1. The number of nitrogens with one attached hydrogen (secondary N) is 1. The van der Waals surface area contributed by atoms with Crippen LogP contribution in [0, 0.1) is 23.4 Å². The molecule has 158 valence electrons. The highest BCUT2D eigenvalue weighted by Gasteiger charge is 2.36. The average molecular weight is 414 g/mol. The fraction of sp³-hybridized carbons (Fsp3) is 0.375. The van der Waals surface area contributed by atoms with Crippen LogP contribution in [0.25, 0.3) is 22.2 Å². The van der Waals surface area contributed by atoms with Gasteiger partial charge in [0.15, 0.2) is 0 Å². The van der Waals surface area contributed by atoms with E-state index in [0.717, 1.165) is 30.0 Å². The lowest BCUT2D eigenvalue weighted by atomic mass is 9.68. The number of likely N-dealkylation sites (N-methyl/N-ethyl adjacent to an activating group) is 1. The number of aromatic nitrogens is 1. The van der Waals surface area contributed by atoms with E-state index in [1.807, 2.05) is 25.9 Å². The smallest absolute Gasteiger partial charge is 0.150 e. The Morgan fingerprint density at radius 3 is 2.40 bits per heavy atom. The number of rotatable bonds is 6. The molecule has 0 saturated heterocycles. The first kappa shape index (κ1) is 20.7. The third-order valence-corrected chi connectivity index (χ3v) is 6.37. The molecule has 1 aliphatic rings. The molecule has 1 aliphatic carbocycles. The normalized spacial score (nSPS) is 19.8. The fourth-order valence-electron chi connectivity index (χ4n) is 4.39. The molecule has 0 spiro atoms. The lowest BCUT2D eigenvalue weighted by Gasteiger charge is -2.36. The van der Waals surface area contributed by atoms with E-state index >= 15 is 0 Å². The number of hydrogen-bond donors (Lipinski definition) is 1. The van der Waals surface area contributed by atoms with Gasteiger partial charge in [-0.2, -0.15) is 0 Å². The zero-order valence-electron chi connectivity index (χ0n) is 17.3. The molecule has 4 rings (SSSR count). The van der Waals surface area contributed by atoms with Gasteiger partial charge in [0.1, 0.15) is 23.2 Å². The molecule has 1 N–H and O–H groups in total. The molecule has 1 atom stereocenters. The maximum absolute atomic E-state index is 14.4. The minimum absolute atomic E-state index is 0.0902. The number of carbonyl (C=O) groups excluding carboxylic acids is 1. The van der Waals surface area contributed by atoms with Crippen molar-refractivity contribution in [3.8, 4) is 11.3 Å². The highest BCUT2D eigenvalue weighted by molar-refractivity contribution is 5.92. The standard InChI is InChI=1S/C24H25F3N2O/c1-13(29(2)3)21(30)10-14-8-16(9-14)22-19-11-18(26)12-20(27)24(19)28-23(22)15-4-6-17(25)7-5-15/h4-7,11-14,16,28H,8-10H2,1-3H3. The first-order valence-corrected chi connectivity index (χ1v) is 10.2. The van der Waals surface area contributed by atoms with Gasteiger partial charge in [-0.1, -0.05) is 0 Å². The van der Waals surface area contributed by atoms with E-state index in [9.17, 15) is 18.0 Å². The van der Waals surface area contributed by atoms with Crippen LogP contribution in [0.5, 0.6) is 0 Å². The molecule has 2 aromatic carbocycles. The molecule has 6 heteroatoms. The van der Waals surface area contributed by atoms with Gasteiger partial charge in [0, 0.05) is 17.9 Å². The van der Waals surface area contributed by atoms with Crippen molar-refractivity contribution in [3.63, 3.8) is 0 Å². The van der Waals surface area contributed by atoms with Gasteiger partial charge in [0.2, 0.25) is 0 Å². The van der Waals surface area contributed by atoms with Crippen molar-refractivity contribution in [1.82, 2.24) is 9.88 Å². The molecule has 1 unspecified atom stereocenters. The van der Waals surface area contributed by atoms with Gasteiger partial charge in [-0.15, -0.1) is 0 Å². The summed E-state index contributed by atoms with van der Waals surface area (Å²) in [4.78, 5) is 17.4. The van der Waals surface area contributed by atoms with Gasteiger partial charge in [0.05, 0.1) is 17.3 Å². The summed E-state index contributed by atoms with van der Waals surface area (Å²) in [6.07, 6.45) is 2.07. The molecule has 1 saturated carbocycles. The minimum atomic E-state index is -0.648. The number of halogens is 3. The van der Waals surface area contributed by atoms with Crippen LogP contribution in [0.2, 0.25) is 0 Å². The topological polar surface area (TPSA) is 36.1 Å². The van der Waals surface area contributed by atoms with Crippen LogP contribution in [0.4, 0.5) is 13.2 Å². The van der Waals surface area contributed by atoms with Gasteiger partial charge >= 0.3 is 0 Å². The van der Waals surface area contributed by atoms with Gasteiger partial charge in [-0.3, -0.25) is 9.69 Å². The zero-order chi connectivity index (χ0) is 21.6. The second-order valence-corrected chi connectivity index (χ2v) is 8.58. The number of ketones is 1. The highest BCUT2D eigenvalue weighted by atomic mass is 19.1. The Morgan fingerprint density at radius 2 is 1.77 bits per heavy atom. The van der Waals surface area contributed by atoms with Crippen molar-refractivity contribution in [2.45, 2.75) is 38.1 Å². The van der Waals surface area contributed by atoms with Crippen molar-refractivity contribution in [1.29, 1.82) is 0 Å². The molecule has 0 radical (unpaired) electrons. The van der Waals surface area contributed by atoms with Crippen LogP contribution in [0.15, 0.2) is 36.4 Å². The summed E-state index contributed by atoms with van der Waals surface area (Å²) in [5.41, 5.74) is 2.51. The summed E-state index contributed by atoms with van der Waals surface area (Å²) < 4.78 is 41.8. The second-order valence-electron chi connectivity index (χ2n) is 8.58. The van der Waals surface area contributed by atoms with Crippen molar-refractivity contribution < 1.29 is 18.0 Å². The molecule has 1 heterocycles. The van der Waals surface area contributed by atoms with Crippen LogP contribution in [0.3, 0.4) is 0 Å². The summed E-state index contributed by atoms with van der Waals surface area (Å²) in [7, 11) is 3.77. The summed E-state index contributed by atoms with van der Waals surface area (Å²) in [5, 5.41) is 0.517. The van der Waals surface area contributed by atoms with E-state index in [2.05, 4.69) is 4.98 Å². The zero-order valence-corrected chi connectivity index (χ0v) is 17.3. The van der Waals surface area contributed by atoms with Crippen LogP contribution < -0.4 is 0 Å². The van der Waals surface area contributed by atoms with Gasteiger partial charge in [-0.05, 0) is 87.2 Å². The summed E-state index contributed by atoms with van der Waals surface area (Å²) >= 11 is 0. The number of carbonyl (C=O) groups is 1. The molecule has 0 bridgehead atoms. The fourth-order valence-corrected chi connectivity index (χ4v) is 4.39. The minimum Gasteiger partial charge on any atom is -0.352 e. The van der Waals surface area contributed by atoms with Gasteiger partial charge in [0.25, 0.3) is 0 Å². The lowest BCUT2D eigenvalue weighted by molar-refractivity contribution is -0.124. The summed E-state index contributed by atoms with van der Waals surface area (Å²) in [6, 6.07) is 8.06. The Morgan fingerprint density at radius 1 is 1.10 bits per heavy atom. The predicted molar refractivity (Wildman–Crippen MR) is 112 cm³/mol. The molecule has 1 fully saturated rings. The SMILES string of the molecule is CC(C(=O)CC1CC(c2c(-c3ccc(F)cc3)[nH]c3c(F)cc(F)cc23)C1)N(C)C. The van der Waals surface area contributed by atoms with E-state index in [0.29, 0.717) is 17.5 Å². The van der Waals surface area contributed by atoms with Gasteiger partial charge in [-0.25, -0.2) is 13.2 Å². The Balaban J connectivity index is 1.66. The van der Waals surface area contributed by atoms with E-state index in [1.54, 1.807) is 12.1 Å². The Hall–Kier alpha value is -2.60. The van der Waals surface area contributed by atoms with Gasteiger partial charge < -0.3 is 4.98 Å². The van der Waals surface area contributed by atoms with Crippen molar-refractivity contribution in [3.05, 3.63) is 59.4 Å². The van der Waals surface area contributed by atoms with Crippen LogP contribution in [-0.2, 0) is 4.79 Å². The molecule has 0 amide bonds. The predicted octanol–water partition coefficient (Wildman–Crippen LogP) is 5.66. The summed E-state index contributed by atoms with van der Waals surface area (Å²) in [5.74, 6) is -1.08. The van der Waals surface area contributed by atoms with E-state index in [-0.39, 0.29) is 35.0 Å². The molecular weight excluding hydrogens is 389 g/mol. The Bertz CT molecular complexity index is 1080. The molecule has 1 aromatic heterocycles. The average Bonchev–Trinajstić information content (AvgIpc) is 3.03. The van der Waals surface area contributed by atoms with Crippen LogP contribution in [-0.4, -0.2) is 35.8 Å². The largest absolute Gasteiger partial charge is 0.352 e. The molecule has 0 aliphatic heterocycles. The van der Waals surface area contributed by atoms with Crippen molar-refractivity contribution >= 4 is 16.7 Å². The lowest BCUT2D eigenvalue weighted by Crippen LogP contribution is -2.35. The highest BCUT2D eigenvalue weighted by Crippen LogP contribution is 2.49. The number of hydrogen-bond acceptors (Lipinski definition) is 2. The maximum atomic E-state index is 14.4. The van der Waals surface area contributed by atoms with Crippen LogP contribution in [0.1, 0.15) is 37.7 Å². The van der Waals surface area contributed by atoms with E-state index in [1.165, 1.54) is 18.2 Å². The number of Topliss-reactive ketones (excluding diaryl/α,β-unsaturated/α-hetero) is 1. The molecular formula is C24H25F3N2O. The number of H-pyrrole nitrogens is 1. The summed E-state index contributed by atoms with van der Waals surface area (Å²) in [6.45, 7) is 1.90.